The monoisotopic (exact) mass is 409 g/mol. The first-order valence-corrected chi connectivity index (χ1v) is 10.1. The third kappa shape index (κ3) is 4.18. The molecule has 1 unspecified atom stereocenters. The number of morpholine rings is 1. The van der Waals surface area contributed by atoms with Crippen LogP contribution in [0.1, 0.15) is 45.7 Å². The highest BCUT2D eigenvalue weighted by atomic mass is 35.5. The molecule has 0 saturated carbocycles. The molecule has 2 heterocycles. The second-order valence-corrected chi connectivity index (χ2v) is 9.28. The molecule has 0 bridgehead atoms. The summed E-state index contributed by atoms with van der Waals surface area (Å²) in [5, 5.41) is 10.0. The minimum absolute atomic E-state index is 0.150. The van der Waals surface area contributed by atoms with E-state index < -0.39 is 24.4 Å². The molecule has 3 rings (SSSR count). The number of carboxylic acid groups (broad SMARTS) is 1. The fourth-order valence-corrected chi connectivity index (χ4v) is 4.08. The van der Waals surface area contributed by atoms with Gasteiger partial charge in [0.1, 0.15) is 0 Å². The highest BCUT2D eigenvalue weighted by molar-refractivity contribution is 6.63. The third-order valence-corrected chi connectivity index (χ3v) is 6.23. The van der Waals surface area contributed by atoms with Crippen molar-refractivity contribution in [2.24, 2.45) is 0 Å². The van der Waals surface area contributed by atoms with Crippen molar-refractivity contribution >= 4 is 30.3 Å². The number of aryl methyl sites for hydroxylation is 1. The topological polar surface area (TPSA) is 68.2 Å². The molecular formula is C20H29BClNO5. The Bertz CT molecular complexity index is 753. The predicted octanol–water partition coefficient (Wildman–Crippen LogP) is 3.26. The average Bonchev–Trinajstić information content (AvgIpc) is 2.77. The molecule has 2 aliphatic heterocycles. The van der Waals surface area contributed by atoms with Crippen LogP contribution in [-0.2, 0) is 20.5 Å². The maximum absolute atomic E-state index is 11.4. The number of ether oxygens (including phenoxy) is 1. The van der Waals surface area contributed by atoms with Crippen molar-refractivity contribution in [3.63, 3.8) is 0 Å². The highest BCUT2D eigenvalue weighted by Crippen LogP contribution is 2.37. The van der Waals surface area contributed by atoms with E-state index >= 15 is 0 Å². The molecule has 1 N–H and O–H groups in total. The summed E-state index contributed by atoms with van der Waals surface area (Å²) in [6, 6.07) is 3.79. The van der Waals surface area contributed by atoms with Gasteiger partial charge in [0.05, 0.1) is 36.5 Å². The van der Waals surface area contributed by atoms with Gasteiger partial charge in [-0.3, -0.25) is 0 Å². The Hall–Kier alpha value is -1.28. The first kappa shape index (κ1) is 21.4. The summed E-state index contributed by atoms with van der Waals surface area (Å²) in [4.78, 5) is 12.9. The van der Waals surface area contributed by atoms with E-state index in [9.17, 15) is 9.90 Å². The lowest BCUT2D eigenvalue weighted by atomic mass is 9.73. The fourth-order valence-electron chi connectivity index (χ4n) is 3.80. The molecule has 1 amide bonds. The summed E-state index contributed by atoms with van der Waals surface area (Å²) in [7, 11) is -0.533. The molecule has 154 valence electrons. The predicted molar refractivity (Wildman–Crippen MR) is 110 cm³/mol. The van der Waals surface area contributed by atoms with E-state index in [2.05, 4.69) is 0 Å². The highest BCUT2D eigenvalue weighted by Gasteiger charge is 2.52. The Kier molecular flexibility index (Phi) is 5.76. The van der Waals surface area contributed by atoms with Gasteiger partial charge in [0, 0.05) is 11.4 Å². The number of halogens is 1. The Balaban J connectivity index is 1.91. The van der Waals surface area contributed by atoms with E-state index in [1.165, 1.54) is 4.90 Å². The van der Waals surface area contributed by atoms with Crippen molar-refractivity contribution in [1.82, 2.24) is 4.90 Å². The molecule has 28 heavy (non-hydrogen) atoms. The van der Waals surface area contributed by atoms with Crippen LogP contribution in [0.4, 0.5) is 4.79 Å². The maximum Gasteiger partial charge on any atom is 0.495 e. The van der Waals surface area contributed by atoms with Gasteiger partial charge in [0.25, 0.3) is 0 Å². The van der Waals surface area contributed by atoms with Crippen LogP contribution in [0.2, 0.25) is 5.02 Å². The molecule has 6 nitrogen and oxygen atoms in total. The Morgan fingerprint density at radius 3 is 2.43 bits per heavy atom. The summed E-state index contributed by atoms with van der Waals surface area (Å²) in [5.41, 5.74) is 2.02. The minimum Gasteiger partial charge on any atom is -0.465 e. The molecule has 1 aromatic carbocycles. The third-order valence-electron chi connectivity index (χ3n) is 6.01. The first-order chi connectivity index (χ1) is 12.9. The Morgan fingerprint density at radius 2 is 1.86 bits per heavy atom. The van der Waals surface area contributed by atoms with Crippen LogP contribution in [0.15, 0.2) is 12.1 Å². The van der Waals surface area contributed by atoms with E-state index in [1.54, 1.807) is 0 Å². The number of rotatable bonds is 3. The molecule has 0 radical (unpaired) electrons. The maximum atomic E-state index is 11.4. The van der Waals surface area contributed by atoms with Gasteiger partial charge in [-0.05, 0) is 70.3 Å². The average molecular weight is 410 g/mol. The second-order valence-electron chi connectivity index (χ2n) is 8.84. The lowest BCUT2D eigenvalue weighted by Crippen LogP contribution is -2.50. The number of carbonyl (C=O) groups is 1. The number of hydrogen-bond donors (Lipinski definition) is 1. The normalized spacial score (nSPS) is 26.5. The van der Waals surface area contributed by atoms with Crippen LogP contribution >= 0.6 is 11.6 Å². The lowest BCUT2D eigenvalue weighted by molar-refractivity contribution is -0.0682. The van der Waals surface area contributed by atoms with Crippen LogP contribution in [0, 0.1) is 6.92 Å². The minimum atomic E-state index is -0.917. The van der Waals surface area contributed by atoms with Gasteiger partial charge in [-0.1, -0.05) is 11.6 Å². The molecular weight excluding hydrogens is 380 g/mol. The number of hydrogen-bond acceptors (Lipinski definition) is 4. The van der Waals surface area contributed by atoms with Crippen LogP contribution in [-0.4, -0.2) is 59.7 Å². The van der Waals surface area contributed by atoms with E-state index in [-0.39, 0.29) is 12.2 Å². The van der Waals surface area contributed by atoms with Crippen LogP contribution < -0.4 is 5.46 Å². The summed E-state index contributed by atoms with van der Waals surface area (Å²) >= 11 is 6.35. The number of amides is 1. The molecule has 2 aliphatic rings. The smallest absolute Gasteiger partial charge is 0.465 e. The number of nitrogens with zero attached hydrogens (tertiary/aromatic N) is 1. The van der Waals surface area contributed by atoms with Gasteiger partial charge in [-0.2, -0.15) is 0 Å². The van der Waals surface area contributed by atoms with Crippen molar-refractivity contribution in [2.45, 2.75) is 71.4 Å². The molecule has 0 aromatic heterocycles. The molecule has 2 saturated heterocycles. The van der Waals surface area contributed by atoms with Gasteiger partial charge in [-0.15, -0.1) is 0 Å². The quantitative estimate of drug-likeness (QED) is 0.776. The fraction of sp³-hybridized carbons (Fsp3) is 0.650. The van der Waals surface area contributed by atoms with Crippen LogP contribution in [0.25, 0.3) is 0 Å². The van der Waals surface area contributed by atoms with E-state index in [4.69, 9.17) is 25.6 Å². The standard InChI is InChI=1S/C20H29BClNO5/c1-12-7-14(22)8-17(21-27-19(3,4)20(5,6)28-21)16(12)9-15-11-23(18(24)25)10-13(2)26-15/h7-8,13,15H,9-11H2,1-6H3,(H,24,25)/t13-,15?/m0/s1. The lowest BCUT2D eigenvalue weighted by Gasteiger charge is -2.35. The largest absolute Gasteiger partial charge is 0.495 e. The van der Waals surface area contributed by atoms with Crippen molar-refractivity contribution < 1.29 is 23.9 Å². The Labute approximate surface area is 172 Å². The van der Waals surface area contributed by atoms with Gasteiger partial charge < -0.3 is 24.1 Å². The zero-order valence-electron chi connectivity index (χ0n) is 17.4. The molecule has 2 atom stereocenters. The summed E-state index contributed by atoms with van der Waals surface area (Å²) in [6.07, 6.45) is -0.737. The van der Waals surface area contributed by atoms with Crippen molar-refractivity contribution in [3.8, 4) is 0 Å². The van der Waals surface area contributed by atoms with Gasteiger partial charge in [-0.25, -0.2) is 4.79 Å². The summed E-state index contributed by atoms with van der Waals surface area (Å²) in [6.45, 7) is 12.7. The van der Waals surface area contributed by atoms with Gasteiger partial charge >= 0.3 is 13.2 Å². The second kappa shape index (κ2) is 7.52. The van der Waals surface area contributed by atoms with Gasteiger partial charge in [0.15, 0.2) is 0 Å². The molecule has 0 spiro atoms. The van der Waals surface area contributed by atoms with Crippen LogP contribution in [0.5, 0.6) is 0 Å². The first-order valence-electron chi connectivity index (χ1n) is 9.67. The van der Waals surface area contributed by atoms with E-state index in [0.717, 1.165) is 16.6 Å². The molecule has 8 heteroatoms. The van der Waals surface area contributed by atoms with Gasteiger partial charge in [0.2, 0.25) is 0 Å². The summed E-state index contributed by atoms with van der Waals surface area (Å²) in [5.74, 6) is 0. The van der Waals surface area contributed by atoms with E-state index in [1.807, 2.05) is 53.7 Å². The van der Waals surface area contributed by atoms with Crippen molar-refractivity contribution in [3.05, 3.63) is 28.3 Å². The molecule has 2 fully saturated rings. The van der Waals surface area contributed by atoms with Crippen molar-refractivity contribution in [1.29, 1.82) is 0 Å². The SMILES string of the molecule is Cc1cc(Cl)cc(B2OC(C)(C)C(C)(C)O2)c1CC1CN(C(=O)O)C[C@H](C)O1. The van der Waals surface area contributed by atoms with Crippen molar-refractivity contribution in [2.75, 3.05) is 13.1 Å². The number of benzene rings is 1. The zero-order chi connectivity index (χ0) is 20.9. The van der Waals surface area contributed by atoms with Crippen LogP contribution in [0.3, 0.4) is 0 Å². The van der Waals surface area contributed by atoms with E-state index in [0.29, 0.717) is 24.5 Å². The molecule has 0 aliphatic carbocycles. The Morgan fingerprint density at radius 1 is 1.25 bits per heavy atom. The zero-order valence-corrected chi connectivity index (χ0v) is 18.2. The summed E-state index contributed by atoms with van der Waals surface area (Å²) < 4.78 is 18.5. The molecule has 1 aromatic rings.